The molecule has 0 bridgehead atoms. The van der Waals surface area contributed by atoms with Crippen molar-refractivity contribution in [1.82, 2.24) is 9.61 Å². The Bertz CT molecular complexity index is 737. The van der Waals surface area contributed by atoms with Crippen LogP contribution in [0.4, 0.5) is 5.69 Å². The molecule has 0 saturated heterocycles. The number of methoxy groups -OCH3 is 1. The maximum atomic E-state index is 9.74. The minimum absolute atomic E-state index is 0.123. The van der Waals surface area contributed by atoms with Gasteiger partial charge in [0.05, 0.1) is 18.8 Å². The molecule has 0 amide bonds. The van der Waals surface area contributed by atoms with Crippen LogP contribution in [0.3, 0.4) is 0 Å². The van der Waals surface area contributed by atoms with Gasteiger partial charge >= 0.3 is 0 Å². The number of anilines is 1. The van der Waals surface area contributed by atoms with E-state index < -0.39 is 0 Å². The Labute approximate surface area is 116 Å². The van der Waals surface area contributed by atoms with Crippen molar-refractivity contribution in [3.05, 3.63) is 54.4 Å². The lowest BCUT2D eigenvalue weighted by atomic mass is 10.2. The first-order chi connectivity index (χ1) is 9.78. The molecule has 0 aliphatic carbocycles. The Morgan fingerprint density at radius 3 is 3.00 bits per heavy atom. The number of fused-ring (bicyclic) bond motifs is 1. The number of nitrogens with one attached hydrogen (secondary N) is 1. The Morgan fingerprint density at radius 2 is 2.20 bits per heavy atom. The van der Waals surface area contributed by atoms with Crippen molar-refractivity contribution < 1.29 is 9.84 Å². The number of phenols is 1. The molecule has 1 aromatic carbocycles. The summed E-state index contributed by atoms with van der Waals surface area (Å²) in [5.74, 6) is 0.587. The van der Waals surface area contributed by atoms with Crippen molar-refractivity contribution in [2.24, 2.45) is 0 Å². The largest absolute Gasteiger partial charge is 0.504 e. The molecule has 0 aliphatic rings. The quantitative estimate of drug-likeness (QED) is 0.764. The van der Waals surface area contributed by atoms with Crippen LogP contribution in [0.2, 0.25) is 0 Å². The molecule has 0 unspecified atom stereocenters. The molecular formula is C15H15N3O2. The molecule has 0 fully saturated rings. The van der Waals surface area contributed by atoms with E-state index in [1.165, 1.54) is 7.11 Å². The van der Waals surface area contributed by atoms with Crippen LogP contribution in [0.5, 0.6) is 11.5 Å². The first-order valence-electron chi connectivity index (χ1n) is 6.30. The van der Waals surface area contributed by atoms with Crippen LogP contribution in [0.15, 0.2) is 48.8 Å². The van der Waals surface area contributed by atoms with Gasteiger partial charge in [-0.15, -0.1) is 0 Å². The Balaban J connectivity index is 1.78. The van der Waals surface area contributed by atoms with E-state index in [-0.39, 0.29) is 5.75 Å². The summed E-state index contributed by atoms with van der Waals surface area (Å²) in [6.45, 7) is 0.638. The van der Waals surface area contributed by atoms with Crippen LogP contribution in [-0.2, 0) is 6.54 Å². The van der Waals surface area contributed by atoms with E-state index in [0.29, 0.717) is 12.3 Å². The second-order valence-corrected chi connectivity index (χ2v) is 4.44. The number of hydrogen-bond donors (Lipinski definition) is 2. The number of benzene rings is 1. The molecule has 20 heavy (non-hydrogen) atoms. The standard InChI is InChI=1S/C15H15N3O2/c1-20-15-6-5-12(8-14(15)19)16-9-11-10-17-18-7-3-2-4-13(11)18/h2-8,10,16,19H,9H2,1H3. The van der Waals surface area contributed by atoms with Crippen LogP contribution in [0, 0.1) is 0 Å². The average Bonchev–Trinajstić information content (AvgIpc) is 2.88. The monoisotopic (exact) mass is 269 g/mol. The lowest BCUT2D eigenvalue weighted by molar-refractivity contribution is 0.373. The second kappa shape index (κ2) is 5.13. The zero-order valence-electron chi connectivity index (χ0n) is 11.1. The van der Waals surface area contributed by atoms with Gasteiger partial charge < -0.3 is 15.2 Å². The number of aromatic hydroxyl groups is 1. The highest BCUT2D eigenvalue weighted by molar-refractivity contribution is 5.57. The van der Waals surface area contributed by atoms with Gasteiger partial charge in [-0.05, 0) is 24.3 Å². The highest BCUT2D eigenvalue weighted by atomic mass is 16.5. The summed E-state index contributed by atoms with van der Waals surface area (Å²) < 4.78 is 6.85. The van der Waals surface area contributed by atoms with E-state index in [1.54, 1.807) is 12.1 Å². The van der Waals surface area contributed by atoms with Crippen LogP contribution >= 0.6 is 0 Å². The van der Waals surface area contributed by atoms with Gasteiger partial charge in [0.25, 0.3) is 0 Å². The fourth-order valence-electron chi connectivity index (χ4n) is 2.12. The molecule has 2 N–H and O–H groups in total. The number of ether oxygens (including phenoxy) is 1. The molecule has 0 aliphatic heterocycles. The normalized spacial score (nSPS) is 10.7. The lowest BCUT2D eigenvalue weighted by Crippen LogP contribution is -1.99. The third-order valence-corrected chi connectivity index (χ3v) is 3.17. The number of pyridine rings is 1. The van der Waals surface area contributed by atoms with Gasteiger partial charge in [-0.3, -0.25) is 0 Å². The topological polar surface area (TPSA) is 58.8 Å². The van der Waals surface area contributed by atoms with E-state index in [1.807, 2.05) is 41.2 Å². The van der Waals surface area contributed by atoms with Gasteiger partial charge in [0.2, 0.25) is 0 Å². The van der Waals surface area contributed by atoms with E-state index in [2.05, 4.69) is 10.4 Å². The third-order valence-electron chi connectivity index (χ3n) is 3.17. The van der Waals surface area contributed by atoms with Crippen molar-refractivity contribution in [1.29, 1.82) is 0 Å². The molecule has 0 saturated carbocycles. The SMILES string of the molecule is COc1ccc(NCc2cnn3ccccc23)cc1O. The summed E-state index contributed by atoms with van der Waals surface area (Å²) in [6.07, 6.45) is 3.75. The number of hydrogen-bond acceptors (Lipinski definition) is 4. The van der Waals surface area contributed by atoms with E-state index in [0.717, 1.165) is 16.8 Å². The van der Waals surface area contributed by atoms with Crippen molar-refractivity contribution in [2.45, 2.75) is 6.54 Å². The molecule has 5 nitrogen and oxygen atoms in total. The molecule has 2 heterocycles. The van der Waals surface area contributed by atoms with Crippen LogP contribution < -0.4 is 10.1 Å². The van der Waals surface area contributed by atoms with Crippen molar-refractivity contribution in [2.75, 3.05) is 12.4 Å². The predicted octanol–water partition coefficient (Wildman–Crippen LogP) is 2.66. The number of rotatable bonds is 4. The van der Waals surface area contributed by atoms with Crippen LogP contribution in [0.1, 0.15) is 5.56 Å². The van der Waals surface area contributed by atoms with Crippen molar-refractivity contribution >= 4 is 11.2 Å². The maximum Gasteiger partial charge on any atom is 0.160 e. The first-order valence-corrected chi connectivity index (χ1v) is 6.30. The average molecular weight is 269 g/mol. The predicted molar refractivity (Wildman–Crippen MR) is 77.2 cm³/mol. The smallest absolute Gasteiger partial charge is 0.160 e. The molecule has 3 aromatic rings. The summed E-state index contributed by atoms with van der Waals surface area (Å²) in [5, 5.41) is 17.3. The number of aromatic nitrogens is 2. The van der Waals surface area contributed by atoms with E-state index in [4.69, 9.17) is 4.74 Å². The molecule has 0 radical (unpaired) electrons. The molecule has 5 heteroatoms. The Hall–Kier alpha value is -2.69. The molecule has 0 atom stereocenters. The number of nitrogens with zero attached hydrogens (tertiary/aromatic N) is 2. The molecule has 2 aromatic heterocycles. The number of phenolic OH excluding ortho intramolecular Hbond substituents is 1. The highest BCUT2D eigenvalue weighted by Gasteiger charge is 2.05. The van der Waals surface area contributed by atoms with Gasteiger partial charge in [0.15, 0.2) is 11.5 Å². The summed E-state index contributed by atoms with van der Waals surface area (Å²) in [5.41, 5.74) is 3.00. The minimum Gasteiger partial charge on any atom is -0.504 e. The highest BCUT2D eigenvalue weighted by Crippen LogP contribution is 2.28. The second-order valence-electron chi connectivity index (χ2n) is 4.44. The van der Waals surface area contributed by atoms with Gasteiger partial charge in [0, 0.05) is 30.1 Å². The van der Waals surface area contributed by atoms with Gasteiger partial charge in [-0.2, -0.15) is 5.10 Å². The van der Waals surface area contributed by atoms with E-state index >= 15 is 0 Å². The van der Waals surface area contributed by atoms with Crippen LogP contribution in [0.25, 0.3) is 5.52 Å². The summed E-state index contributed by atoms with van der Waals surface area (Å²) in [7, 11) is 1.53. The van der Waals surface area contributed by atoms with Gasteiger partial charge in [-0.1, -0.05) is 6.07 Å². The first kappa shape index (κ1) is 12.3. The Morgan fingerprint density at radius 1 is 1.30 bits per heavy atom. The summed E-state index contributed by atoms with van der Waals surface area (Å²) >= 11 is 0. The third kappa shape index (κ3) is 2.25. The lowest BCUT2D eigenvalue weighted by Gasteiger charge is -2.08. The summed E-state index contributed by atoms with van der Waals surface area (Å²) in [4.78, 5) is 0. The molecule has 0 spiro atoms. The van der Waals surface area contributed by atoms with Crippen molar-refractivity contribution in [3.63, 3.8) is 0 Å². The zero-order chi connectivity index (χ0) is 13.9. The molecule has 3 rings (SSSR count). The van der Waals surface area contributed by atoms with Crippen molar-refractivity contribution in [3.8, 4) is 11.5 Å². The zero-order valence-corrected chi connectivity index (χ0v) is 11.1. The summed E-state index contributed by atoms with van der Waals surface area (Å²) in [6, 6.07) is 11.2. The fraction of sp³-hybridized carbons (Fsp3) is 0.133. The fourth-order valence-corrected chi connectivity index (χ4v) is 2.12. The van der Waals surface area contributed by atoms with E-state index in [9.17, 15) is 5.11 Å². The molecular weight excluding hydrogens is 254 g/mol. The molecule has 102 valence electrons. The minimum atomic E-state index is 0.123. The van der Waals surface area contributed by atoms with Gasteiger partial charge in [-0.25, -0.2) is 4.52 Å². The van der Waals surface area contributed by atoms with Gasteiger partial charge in [0.1, 0.15) is 0 Å². The maximum absolute atomic E-state index is 9.74. The van der Waals surface area contributed by atoms with Crippen LogP contribution in [-0.4, -0.2) is 21.8 Å². The Kier molecular flexibility index (Phi) is 3.16.